The maximum atomic E-state index is 4.65. The third kappa shape index (κ3) is 3.09. The fourth-order valence-electron chi connectivity index (χ4n) is 1.83. The van der Waals surface area contributed by atoms with E-state index < -0.39 is 0 Å². The van der Waals surface area contributed by atoms with Crippen LogP contribution in [0.5, 0.6) is 0 Å². The Morgan fingerprint density at radius 1 is 1.40 bits per heavy atom. The average molecular weight is 290 g/mol. The van der Waals surface area contributed by atoms with Crippen LogP contribution < -0.4 is 5.32 Å². The smallest absolute Gasteiger partial charge is 0.192 e. The molecule has 1 N–H and O–H groups in total. The molecular formula is C13H18N6S. The molecule has 0 bridgehead atoms. The molecule has 0 unspecified atom stereocenters. The average Bonchev–Trinajstić information content (AvgIpc) is 3.22. The van der Waals surface area contributed by atoms with Gasteiger partial charge < -0.3 is 5.32 Å². The first-order valence-corrected chi connectivity index (χ1v) is 7.72. The zero-order valence-electron chi connectivity index (χ0n) is 11.7. The molecule has 1 aliphatic carbocycles. The monoisotopic (exact) mass is 290 g/mol. The zero-order valence-corrected chi connectivity index (χ0v) is 12.5. The Labute approximate surface area is 122 Å². The number of nitrogens with one attached hydrogen (secondary N) is 1. The molecule has 0 saturated heterocycles. The standard InChI is InChI=1S/C13H18N6S/c1-3-6-14-10-7-11(18-12(17-10)9-4-5-9)20-13-15-8-16-19(13)2/h7-9H,3-6H2,1-2H3,(H,14,17,18). The van der Waals surface area contributed by atoms with Gasteiger partial charge in [0.05, 0.1) is 0 Å². The van der Waals surface area contributed by atoms with E-state index in [1.165, 1.54) is 24.6 Å². The zero-order chi connectivity index (χ0) is 13.9. The number of hydrogen-bond acceptors (Lipinski definition) is 6. The second kappa shape index (κ2) is 5.78. The van der Waals surface area contributed by atoms with E-state index in [2.05, 4.69) is 32.3 Å². The highest BCUT2D eigenvalue weighted by Gasteiger charge is 2.27. The van der Waals surface area contributed by atoms with Crippen molar-refractivity contribution in [2.24, 2.45) is 7.05 Å². The van der Waals surface area contributed by atoms with E-state index in [0.29, 0.717) is 5.92 Å². The van der Waals surface area contributed by atoms with E-state index in [1.54, 1.807) is 11.0 Å². The maximum Gasteiger partial charge on any atom is 0.192 e. The molecule has 0 aromatic carbocycles. The van der Waals surface area contributed by atoms with Crippen molar-refractivity contribution in [3.05, 3.63) is 18.2 Å². The lowest BCUT2D eigenvalue weighted by atomic mass is 10.4. The van der Waals surface area contributed by atoms with E-state index in [9.17, 15) is 0 Å². The van der Waals surface area contributed by atoms with Gasteiger partial charge in [-0.05, 0) is 31.0 Å². The van der Waals surface area contributed by atoms with E-state index >= 15 is 0 Å². The van der Waals surface area contributed by atoms with Gasteiger partial charge in [0, 0.05) is 25.6 Å². The molecule has 1 aliphatic rings. The van der Waals surface area contributed by atoms with Crippen LogP contribution in [-0.2, 0) is 7.05 Å². The van der Waals surface area contributed by atoms with Gasteiger partial charge in [0.2, 0.25) is 0 Å². The Morgan fingerprint density at radius 2 is 2.25 bits per heavy atom. The highest BCUT2D eigenvalue weighted by Crippen LogP contribution is 2.39. The molecule has 7 heteroatoms. The van der Waals surface area contributed by atoms with Gasteiger partial charge in [-0.1, -0.05) is 6.92 Å². The highest BCUT2D eigenvalue weighted by atomic mass is 32.2. The number of anilines is 1. The normalized spacial score (nSPS) is 14.5. The fourth-order valence-corrected chi connectivity index (χ4v) is 2.61. The lowest BCUT2D eigenvalue weighted by Crippen LogP contribution is -2.05. The fraction of sp³-hybridized carbons (Fsp3) is 0.538. The van der Waals surface area contributed by atoms with Crippen molar-refractivity contribution in [2.45, 2.75) is 42.3 Å². The number of rotatable bonds is 6. The van der Waals surface area contributed by atoms with Crippen LogP contribution >= 0.6 is 11.8 Å². The summed E-state index contributed by atoms with van der Waals surface area (Å²) in [6.07, 6.45) is 5.03. The van der Waals surface area contributed by atoms with Crippen LogP contribution in [-0.4, -0.2) is 31.3 Å². The molecule has 3 rings (SSSR count). The summed E-state index contributed by atoms with van der Waals surface area (Å²) < 4.78 is 1.75. The largest absolute Gasteiger partial charge is 0.370 e. The van der Waals surface area contributed by atoms with Gasteiger partial charge in [-0.2, -0.15) is 5.10 Å². The van der Waals surface area contributed by atoms with Crippen LogP contribution in [0.3, 0.4) is 0 Å². The van der Waals surface area contributed by atoms with Gasteiger partial charge in [-0.15, -0.1) is 0 Å². The van der Waals surface area contributed by atoms with Crippen molar-refractivity contribution < 1.29 is 0 Å². The lowest BCUT2D eigenvalue weighted by molar-refractivity contribution is 0.684. The van der Waals surface area contributed by atoms with Gasteiger partial charge in [0.1, 0.15) is 23.0 Å². The minimum atomic E-state index is 0.539. The third-order valence-corrected chi connectivity index (χ3v) is 4.05. The summed E-state index contributed by atoms with van der Waals surface area (Å²) in [5, 5.41) is 9.19. The van der Waals surface area contributed by atoms with Gasteiger partial charge in [0.25, 0.3) is 0 Å². The van der Waals surface area contributed by atoms with Gasteiger partial charge in [-0.25, -0.2) is 19.6 Å². The first kappa shape index (κ1) is 13.4. The van der Waals surface area contributed by atoms with Gasteiger partial charge in [-0.3, -0.25) is 0 Å². The van der Waals surface area contributed by atoms with Crippen LogP contribution in [0.2, 0.25) is 0 Å². The predicted octanol–water partition coefficient (Wildman–Crippen LogP) is 2.46. The van der Waals surface area contributed by atoms with Crippen LogP contribution in [0.1, 0.15) is 37.9 Å². The topological polar surface area (TPSA) is 68.5 Å². The van der Waals surface area contributed by atoms with Crippen LogP contribution in [0.4, 0.5) is 5.82 Å². The molecule has 1 saturated carbocycles. The Morgan fingerprint density at radius 3 is 2.90 bits per heavy atom. The summed E-state index contributed by atoms with van der Waals surface area (Å²) in [7, 11) is 1.88. The van der Waals surface area contributed by atoms with Crippen LogP contribution in [0.25, 0.3) is 0 Å². The molecule has 106 valence electrons. The van der Waals surface area contributed by atoms with E-state index in [1.807, 2.05) is 13.1 Å². The summed E-state index contributed by atoms with van der Waals surface area (Å²) in [6, 6.07) is 1.99. The molecule has 20 heavy (non-hydrogen) atoms. The number of aryl methyl sites for hydroxylation is 1. The van der Waals surface area contributed by atoms with Crippen molar-refractivity contribution >= 4 is 17.6 Å². The maximum absolute atomic E-state index is 4.65. The summed E-state index contributed by atoms with van der Waals surface area (Å²) in [6.45, 7) is 3.07. The van der Waals surface area contributed by atoms with Crippen LogP contribution in [0, 0.1) is 0 Å². The van der Waals surface area contributed by atoms with E-state index in [4.69, 9.17) is 0 Å². The minimum absolute atomic E-state index is 0.539. The van der Waals surface area contributed by atoms with Gasteiger partial charge in [0.15, 0.2) is 5.16 Å². The molecule has 0 spiro atoms. The Kier molecular flexibility index (Phi) is 3.86. The first-order valence-electron chi connectivity index (χ1n) is 6.91. The highest BCUT2D eigenvalue weighted by molar-refractivity contribution is 7.99. The predicted molar refractivity (Wildman–Crippen MR) is 77.9 cm³/mol. The third-order valence-electron chi connectivity index (χ3n) is 3.08. The van der Waals surface area contributed by atoms with Gasteiger partial charge >= 0.3 is 0 Å². The number of aromatic nitrogens is 5. The van der Waals surface area contributed by atoms with Crippen molar-refractivity contribution in [3.63, 3.8) is 0 Å². The molecule has 0 amide bonds. The molecule has 0 radical (unpaired) electrons. The van der Waals surface area contributed by atoms with Crippen LogP contribution in [0.15, 0.2) is 22.6 Å². The van der Waals surface area contributed by atoms with Crippen molar-refractivity contribution in [1.29, 1.82) is 0 Å². The molecule has 6 nitrogen and oxygen atoms in total. The quantitative estimate of drug-likeness (QED) is 0.824. The first-order chi connectivity index (χ1) is 9.76. The number of hydrogen-bond donors (Lipinski definition) is 1. The molecule has 2 aromatic heterocycles. The molecule has 1 fully saturated rings. The molecule has 0 atom stereocenters. The van der Waals surface area contributed by atoms with E-state index in [-0.39, 0.29) is 0 Å². The van der Waals surface area contributed by atoms with Crippen molar-refractivity contribution in [2.75, 3.05) is 11.9 Å². The summed E-state index contributed by atoms with van der Waals surface area (Å²) >= 11 is 1.53. The van der Waals surface area contributed by atoms with Crippen molar-refractivity contribution in [1.82, 2.24) is 24.7 Å². The second-order valence-electron chi connectivity index (χ2n) is 4.92. The lowest BCUT2D eigenvalue weighted by Gasteiger charge is -2.08. The summed E-state index contributed by atoms with van der Waals surface area (Å²) in [5.41, 5.74) is 0. The Bertz CT molecular complexity index is 592. The Hall–Kier alpha value is -1.63. The minimum Gasteiger partial charge on any atom is -0.370 e. The molecule has 2 heterocycles. The van der Waals surface area contributed by atoms with Crippen molar-refractivity contribution in [3.8, 4) is 0 Å². The summed E-state index contributed by atoms with van der Waals surface area (Å²) in [5.74, 6) is 2.40. The Balaban J connectivity index is 1.84. The second-order valence-corrected chi connectivity index (χ2v) is 5.91. The molecular weight excluding hydrogens is 272 g/mol. The number of nitrogens with zero attached hydrogens (tertiary/aromatic N) is 5. The SMILES string of the molecule is CCCNc1cc(Sc2ncnn2C)nc(C2CC2)n1. The molecule has 0 aliphatic heterocycles. The van der Waals surface area contributed by atoms with E-state index in [0.717, 1.165) is 34.8 Å². The summed E-state index contributed by atoms with van der Waals surface area (Å²) in [4.78, 5) is 13.5. The molecule has 2 aromatic rings.